The molecule has 122 valence electrons. The summed E-state index contributed by atoms with van der Waals surface area (Å²) in [5.41, 5.74) is 1.92. The minimum absolute atomic E-state index is 0.291. The van der Waals surface area contributed by atoms with Crippen molar-refractivity contribution < 1.29 is 4.79 Å². The van der Waals surface area contributed by atoms with Crippen LogP contribution in [0.2, 0.25) is 0 Å². The number of aryl methyl sites for hydroxylation is 1. The zero-order valence-corrected chi connectivity index (χ0v) is 13.9. The van der Waals surface area contributed by atoms with Crippen LogP contribution in [0.4, 0.5) is 5.82 Å². The molecule has 0 bridgehead atoms. The predicted molar refractivity (Wildman–Crippen MR) is 92.2 cm³/mol. The van der Waals surface area contributed by atoms with Gasteiger partial charge >= 0.3 is 0 Å². The Balaban J connectivity index is 1.75. The van der Waals surface area contributed by atoms with E-state index in [4.69, 9.17) is 5.26 Å². The van der Waals surface area contributed by atoms with Crippen LogP contribution in [0.25, 0.3) is 16.2 Å². The largest absolute Gasteiger partial charge is 0.305 e. The van der Waals surface area contributed by atoms with E-state index in [-0.39, 0.29) is 0 Å². The van der Waals surface area contributed by atoms with Gasteiger partial charge in [0.05, 0.1) is 23.0 Å². The van der Waals surface area contributed by atoms with Crippen molar-refractivity contribution in [1.82, 2.24) is 24.4 Å². The molecule has 8 nitrogen and oxygen atoms in total. The third-order valence-corrected chi connectivity index (χ3v) is 4.60. The van der Waals surface area contributed by atoms with Crippen molar-refractivity contribution in [1.29, 1.82) is 5.26 Å². The number of amides is 1. The summed E-state index contributed by atoms with van der Waals surface area (Å²) < 4.78 is 3.07. The molecule has 4 heterocycles. The van der Waals surface area contributed by atoms with Crippen LogP contribution < -0.4 is 5.32 Å². The summed E-state index contributed by atoms with van der Waals surface area (Å²) in [6.07, 6.45) is 4.52. The van der Waals surface area contributed by atoms with Gasteiger partial charge in [0.25, 0.3) is 5.91 Å². The first kappa shape index (κ1) is 15.0. The summed E-state index contributed by atoms with van der Waals surface area (Å²) in [4.78, 5) is 18.0. The lowest BCUT2D eigenvalue weighted by Crippen LogP contribution is -2.15. The van der Waals surface area contributed by atoms with E-state index in [1.54, 1.807) is 29.1 Å². The fourth-order valence-electron chi connectivity index (χ4n) is 2.51. The van der Waals surface area contributed by atoms with Crippen molar-refractivity contribution in [2.24, 2.45) is 7.05 Å². The number of thiophene rings is 1. The number of nitriles is 1. The van der Waals surface area contributed by atoms with E-state index in [1.165, 1.54) is 17.1 Å². The summed E-state index contributed by atoms with van der Waals surface area (Å²) in [6.45, 7) is 0. The van der Waals surface area contributed by atoms with Crippen molar-refractivity contribution in [2.45, 2.75) is 0 Å². The van der Waals surface area contributed by atoms with E-state index in [2.05, 4.69) is 20.5 Å². The zero-order valence-electron chi connectivity index (χ0n) is 13.0. The Morgan fingerprint density at radius 2 is 2.20 bits per heavy atom. The second-order valence-electron chi connectivity index (χ2n) is 5.20. The molecular formula is C16H11N7OS. The SMILES string of the molecule is Cn1ncc(C#N)c1NC(=O)c1cnn2c(-c3cccs3)ccnc12. The van der Waals surface area contributed by atoms with E-state index < -0.39 is 5.91 Å². The third kappa shape index (κ3) is 2.45. The van der Waals surface area contributed by atoms with Gasteiger partial charge in [-0.15, -0.1) is 11.3 Å². The molecule has 4 rings (SSSR count). The topological polar surface area (TPSA) is 101 Å². The maximum Gasteiger partial charge on any atom is 0.262 e. The summed E-state index contributed by atoms with van der Waals surface area (Å²) in [5.74, 6) is -0.0628. The molecule has 25 heavy (non-hydrogen) atoms. The molecule has 0 saturated carbocycles. The smallest absolute Gasteiger partial charge is 0.262 e. The van der Waals surface area contributed by atoms with Gasteiger partial charge in [0.2, 0.25) is 0 Å². The predicted octanol–water partition coefficient (Wildman–Crippen LogP) is 2.32. The molecule has 0 aliphatic heterocycles. The van der Waals surface area contributed by atoms with Crippen LogP contribution in [0.1, 0.15) is 15.9 Å². The Morgan fingerprint density at radius 1 is 1.32 bits per heavy atom. The number of nitrogens with one attached hydrogen (secondary N) is 1. The maximum absolute atomic E-state index is 12.7. The van der Waals surface area contributed by atoms with Crippen molar-refractivity contribution in [3.05, 3.63) is 53.3 Å². The van der Waals surface area contributed by atoms with Gasteiger partial charge in [0.15, 0.2) is 5.65 Å². The monoisotopic (exact) mass is 349 g/mol. The minimum atomic E-state index is -0.397. The standard InChI is InChI=1S/C16H11N7OS/c1-22-14(10(7-17)8-19-22)21-16(24)11-9-20-23-12(4-5-18-15(11)23)13-3-2-6-25-13/h2-6,8-9H,1H3,(H,21,24). The molecule has 0 fully saturated rings. The van der Waals surface area contributed by atoms with Crippen molar-refractivity contribution in [3.8, 4) is 16.6 Å². The number of carbonyl (C=O) groups is 1. The quantitative estimate of drug-likeness (QED) is 0.612. The van der Waals surface area contributed by atoms with Crippen molar-refractivity contribution in [2.75, 3.05) is 5.32 Å². The van der Waals surface area contributed by atoms with E-state index in [9.17, 15) is 4.79 Å². The highest BCUT2D eigenvalue weighted by Crippen LogP contribution is 2.25. The van der Waals surface area contributed by atoms with E-state index >= 15 is 0 Å². The average molecular weight is 349 g/mol. The molecule has 1 N–H and O–H groups in total. The molecule has 0 atom stereocenters. The molecule has 4 aromatic rings. The highest BCUT2D eigenvalue weighted by atomic mass is 32.1. The molecule has 4 aromatic heterocycles. The summed E-state index contributed by atoms with van der Waals surface area (Å²) in [6, 6.07) is 7.78. The highest BCUT2D eigenvalue weighted by Gasteiger charge is 2.19. The fourth-order valence-corrected chi connectivity index (χ4v) is 3.24. The minimum Gasteiger partial charge on any atom is -0.305 e. The first-order chi connectivity index (χ1) is 12.2. The second kappa shape index (κ2) is 5.85. The molecule has 9 heteroatoms. The molecule has 0 aliphatic carbocycles. The first-order valence-electron chi connectivity index (χ1n) is 7.29. The number of fused-ring (bicyclic) bond motifs is 1. The molecule has 0 radical (unpaired) electrons. The van der Waals surface area contributed by atoms with Crippen LogP contribution >= 0.6 is 11.3 Å². The molecule has 0 saturated heterocycles. The number of hydrogen-bond donors (Lipinski definition) is 1. The molecular weight excluding hydrogens is 338 g/mol. The van der Waals surface area contributed by atoms with Crippen molar-refractivity contribution in [3.63, 3.8) is 0 Å². The van der Waals surface area contributed by atoms with Gasteiger partial charge in [-0.25, -0.2) is 9.50 Å². The van der Waals surface area contributed by atoms with E-state index in [1.807, 2.05) is 29.6 Å². The third-order valence-electron chi connectivity index (χ3n) is 3.71. The Kier molecular flexibility index (Phi) is 3.52. The number of anilines is 1. The van der Waals surface area contributed by atoms with Crippen LogP contribution in [0, 0.1) is 11.3 Å². The average Bonchev–Trinajstić information content (AvgIpc) is 3.35. The molecule has 1 amide bonds. The lowest BCUT2D eigenvalue weighted by molar-refractivity contribution is 0.102. The van der Waals surface area contributed by atoms with Crippen LogP contribution in [0.3, 0.4) is 0 Å². The Bertz CT molecular complexity index is 1120. The maximum atomic E-state index is 12.7. The van der Waals surface area contributed by atoms with Gasteiger partial charge in [-0.1, -0.05) is 6.07 Å². The van der Waals surface area contributed by atoms with Gasteiger partial charge in [-0.3, -0.25) is 9.48 Å². The Hall–Kier alpha value is -3.51. The summed E-state index contributed by atoms with van der Waals surface area (Å²) in [5, 5.41) is 22.1. The van der Waals surface area contributed by atoms with E-state index in [0.717, 1.165) is 10.6 Å². The van der Waals surface area contributed by atoms with Gasteiger partial charge in [-0.05, 0) is 17.5 Å². The van der Waals surface area contributed by atoms with Gasteiger partial charge in [0.1, 0.15) is 23.0 Å². The van der Waals surface area contributed by atoms with Crippen LogP contribution in [-0.2, 0) is 7.05 Å². The van der Waals surface area contributed by atoms with Gasteiger partial charge < -0.3 is 5.32 Å². The number of rotatable bonds is 3. The second-order valence-corrected chi connectivity index (χ2v) is 6.15. The normalized spacial score (nSPS) is 10.7. The Morgan fingerprint density at radius 3 is 2.96 bits per heavy atom. The van der Waals surface area contributed by atoms with Crippen LogP contribution in [-0.4, -0.2) is 30.3 Å². The first-order valence-corrected chi connectivity index (χ1v) is 8.17. The van der Waals surface area contributed by atoms with Gasteiger partial charge in [-0.2, -0.15) is 15.5 Å². The van der Waals surface area contributed by atoms with Gasteiger partial charge in [0, 0.05) is 13.2 Å². The lowest BCUT2D eigenvalue weighted by Gasteiger charge is -2.05. The fraction of sp³-hybridized carbons (Fsp3) is 0.0625. The number of hydrogen-bond acceptors (Lipinski definition) is 6. The Labute approximate surface area is 146 Å². The lowest BCUT2D eigenvalue weighted by atomic mass is 10.3. The number of aromatic nitrogens is 5. The summed E-state index contributed by atoms with van der Waals surface area (Å²) in [7, 11) is 1.65. The molecule has 0 unspecified atom stereocenters. The van der Waals surface area contributed by atoms with Crippen molar-refractivity contribution >= 4 is 28.7 Å². The molecule has 0 spiro atoms. The van der Waals surface area contributed by atoms with Crippen LogP contribution in [0.15, 0.2) is 42.2 Å². The highest BCUT2D eigenvalue weighted by molar-refractivity contribution is 7.13. The molecule has 0 aliphatic rings. The number of carbonyl (C=O) groups excluding carboxylic acids is 1. The zero-order chi connectivity index (χ0) is 17.4. The number of nitrogens with zero attached hydrogens (tertiary/aromatic N) is 6. The van der Waals surface area contributed by atoms with Crippen LogP contribution in [0.5, 0.6) is 0 Å². The molecule has 0 aromatic carbocycles. The van der Waals surface area contributed by atoms with E-state index in [0.29, 0.717) is 22.6 Å². The summed E-state index contributed by atoms with van der Waals surface area (Å²) >= 11 is 1.58.